The molecule has 26 heavy (non-hydrogen) atoms. The Morgan fingerprint density at radius 3 is 2.50 bits per heavy atom. The summed E-state index contributed by atoms with van der Waals surface area (Å²) in [6.45, 7) is 6.46. The number of carbonyl (C=O) groups excluding carboxylic acids is 1. The van der Waals surface area contributed by atoms with E-state index in [1.807, 2.05) is 24.1 Å². The second kappa shape index (κ2) is 6.79. The summed E-state index contributed by atoms with van der Waals surface area (Å²) in [5.41, 5.74) is 3.45. The summed E-state index contributed by atoms with van der Waals surface area (Å²) in [6.07, 6.45) is 9.53. The highest BCUT2D eigenvalue weighted by molar-refractivity contribution is 5.81. The zero-order valence-corrected chi connectivity index (χ0v) is 16.5. The van der Waals surface area contributed by atoms with Crippen LogP contribution in [0.5, 0.6) is 0 Å². The molecule has 5 atom stereocenters. The molecule has 3 unspecified atom stereocenters. The first-order valence-corrected chi connectivity index (χ1v) is 10.2. The number of nitrogens with zero attached hydrogens (tertiary/aromatic N) is 3. The Kier molecular flexibility index (Phi) is 4.62. The molecule has 140 valence electrons. The van der Waals surface area contributed by atoms with Crippen LogP contribution in [-0.2, 0) is 11.8 Å². The van der Waals surface area contributed by atoms with Gasteiger partial charge in [0.1, 0.15) is 11.3 Å². The van der Waals surface area contributed by atoms with Crippen LogP contribution in [0, 0.1) is 29.6 Å². The number of hydrogen-bond acceptors (Lipinski definition) is 3. The quantitative estimate of drug-likeness (QED) is 0.780. The molecule has 2 heterocycles. The van der Waals surface area contributed by atoms with Gasteiger partial charge in [0.15, 0.2) is 5.65 Å². The van der Waals surface area contributed by atoms with Gasteiger partial charge < -0.3 is 4.57 Å². The van der Waals surface area contributed by atoms with Crippen LogP contribution in [0.4, 0.5) is 0 Å². The van der Waals surface area contributed by atoms with E-state index in [1.165, 1.54) is 31.2 Å². The van der Waals surface area contributed by atoms with Gasteiger partial charge in [0.2, 0.25) is 0 Å². The van der Waals surface area contributed by atoms with Crippen LogP contribution in [0.2, 0.25) is 0 Å². The predicted molar refractivity (Wildman–Crippen MR) is 104 cm³/mol. The fraction of sp³-hybridized carbons (Fsp3) is 0.682. The van der Waals surface area contributed by atoms with Gasteiger partial charge in [-0.2, -0.15) is 0 Å². The summed E-state index contributed by atoms with van der Waals surface area (Å²) in [7, 11) is 2.01. The summed E-state index contributed by atoms with van der Waals surface area (Å²) in [6, 6.07) is 2.17. The number of imidazole rings is 1. The maximum Gasteiger partial charge on any atom is 0.159 e. The Hall–Kier alpha value is -1.71. The van der Waals surface area contributed by atoms with Crippen molar-refractivity contribution < 1.29 is 4.79 Å². The Morgan fingerprint density at radius 2 is 1.85 bits per heavy atom. The van der Waals surface area contributed by atoms with Gasteiger partial charge in [-0.3, -0.25) is 4.79 Å². The smallest absolute Gasteiger partial charge is 0.159 e. The van der Waals surface area contributed by atoms with Gasteiger partial charge in [0.05, 0.1) is 6.33 Å². The minimum atomic E-state index is 0.241. The van der Waals surface area contributed by atoms with Crippen LogP contribution in [-0.4, -0.2) is 20.3 Å². The lowest BCUT2D eigenvalue weighted by Gasteiger charge is -2.21. The summed E-state index contributed by atoms with van der Waals surface area (Å²) in [4.78, 5) is 21.6. The van der Waals surface area contributed by atoms with Crippen molar-refractivity contribution in [2.45, 2.75) is 58.8 Å². The molecule has 0 amide bonds. The molecule has 0 saturated heterocycles. The monoisotopic (exact) mass is 353 g/mol. The molecule has 4 nitrogen and oxygen atoms in total. The van der Waals surface area contributed by atoms with Crippen LogP contribution in [0.1, 0.15) is 64.4 Å². The molecule has 0 spiro atoms. The Balaban J connectivity index is 1.44. The molecule has 0 N–H and O–H groups in total. The highest BCUT2D eigenvalue weighted by Gasteiger charge is 2.44. The van der Waals surface area contributed by atoms with Gasteiger partial charge in [-0.15, -0.1) is 0 Å². The molecule has 0 aromatic carbocycles. The van der Waals surface area contributed by atoms with Crippen molar-refractivity contribution in [2.75, 3.05) is 0 Å². The van der Waals surface area contributed by atoms with Crippen LogP contribution in [0.3, 0.4) is 0 Å². The lowest BCUT2D eigenvalue weighted by Crippen LogP contribution is -2.21. The highest BCUT2D eigenvalue weighted by atomic mass is 16.1. The number of hydrogen-bond donors (Lipinski definition) is 0. The van der Waals surface area contributed by atoms with Gasteiger partial charge in [0.25, 0.3) is 0 Å². The molecular formula is C22H31N3O. The second-order valence-corrected chi connectivity index (χ2v) is 9.20. The van der Waals surface area contributed by atoms with E-state index in [2.05, 4.69) is 36.8 Å². The number of Topliss-reactive ketones (excluding diaryl/α,β-unsaturated/α-hetero) is 1. The number of ketones is 1. The van der Waals surface area contributed by atoms with Crippen LogP contribution in [0.25, 0.3) is 11.2 Å². The van der Waals surface area contributed by atoms with E-state index in [4.69, 9.17) is 0 Å². The van der Waals surface area contributed by atoms with Crippen molar-refractivity contribution in [1.82, 2.24) is 14.5 Å². The fourth-order valence-electron chi connectivity index (χ4n) is 5.55. The second-order valence-electron chi connectivity index (χ2n) is 9.20. The lowest BCUT2D eigenvalue weighted by molar-refractivity contribution is -0.124. The van der Waals surface area contributed by atoms with E-state index in [1.54, 1.807) is 0 Å². The average Bonchev–Trinajstić information content (AvgIpc) is 3.26. The highest BCUT2D eigenvalue weighted by Crippen LogP contribution is 2.54. The van der Waals surface area contributed by atoms with E-state index in [0.717, 1.165) is 29.4 Å². The third kappa shape index (κ3) is 3.08. The fourth-order valence-corrected chi connectivity index (χ4v) is 5.55. The van der Waals surface area contributed by atoms with Crippen LogP contribution in [0.15, 0.2) is 18.6 Å². The zero-order chi connectivity index (χ0) is 18.4. The lowest BCUT2D eigenvalue weighted by atomic mass is 9.83. The Labute approximate surface area is 156 Å². The van der Waals surface area contributed by atoms with E-state index in [0.29, 0.717) is 23.5 Å². The molecule has 0 bridgehead atoms. The number of rotatable bonds is 5. The van der Waals surface area contributed by atoms with E-state index >= 15 is 0 Å². The number of fused-ring (bicyclic) bond motifs is 2. The SMILES string of the molecule is CC(C)CC(=O)C(C)C1C[C@H]2CC(c3ccnc4c3ncn4C)C[C@H]2C1. The molecule has 2 aliphatic rings. The third-order valence-electron chi connectivity index (χ3n) is 6.95. The third-order valence-corrected chi connectivity index (χ3v) is 6.95. The largest absolute Gasteiger partial charge is 0.318 e. The van der Waals surface area contributed by atoms with Crippen molar-refractivity contribution in [3.63, 3.8) is 0 Å². The number of aryl methyl sites for hydroxylation is 1. The summed E-state index contributed by atoms with van der Waals surface area (Å²) in [5, 5.41) is 0. The van der Waals surface area contributed by atoms with Gasteiger partial charge in [-0.25, -0.2) is 9.97 Å². The summed E-state index contributed by atoms with van der Waals surface area (Å²) in [5.74, 6) is 3.97. The van der Waals surface area contributed by atoms with Crippen LogP contribution >= 0.6 is 0 Å². The summed E-state index contributed by atoms with van der Waals surface area (Å²) >= 11 is 0. The van der Waals surface area contributed by atoms with Crippen molar-refractivity contribution in [3.8, 4) is 0 Å². The van der Waals surface area contributed by atoms with Gasteiger partial charge in [-0.1, -0.05) is 20.8 Å². The topological polar surface area (TPSA) is 47.8 Å². The molecule has 2 aliphatic carbocycles. The van der Waals surface area contributed by atoms with E-state index in [9.17, 15) is 4.79 Å². The van der Waals surface area contributed by atoms with E-state index in [-0.39, 0.29) is 5.92 Å². The first kappa shape index (κ1) is 17.7. The Bertz CT molecular complexity index is 795. The summed E-state index contributed by atoms with van der Waals surface area (Å²) < 4.78 is 2.01. The predicted octanol–water partition coefficient (Wildman–Crippen LogP) is 4.74. The van der Waals surface area contributed by atoms with Gasteiger partial charge in [-0.05, 0) is 66.9 Å². The molecule has 2 aromatic rings. The molecular weight excluding hydrogens is 322 g/mol. The first-order valence-electron chi connectivity index (χ1n) is 10.2. The molecule has 0 radical (unpaired) electrons. The standard InChI is InChI=1S/C22H31N3O/c1-13(2)7-20(26)14(3)15-8-16-10-18(11-17(16)9-15)19-5-6-23-22-21(19)24-12-25(22)4/h5-6,12-18H,7-11H2,1-4H3/t14?,15?,16-,17+,18?. The van der Waals surface area contributed by atoms with Crippen molar-refractivity contribution in [3.05, 3.63) is 24.2 Å². The maximum absolute atomic E-state index is 12.5. The molecule has 2 saturated carbocycles. The molecule has 4 rings (SSSR count). The van der Waals surface area contributed by atoms with Crippen molar-refractivity contribution >= 4 is 16.9 Å². The first-order chi connectivity index (χ1) is 12.4. The minimum absolute atomic E-state index is 0.241. The molecule has 4 heteroatoms. The molecule has 0 aliphatic heterocycles. The molecule has 2 aromatic heterocycles. The van der Waals surface area contributed by atoms with Crippen LogP contribution < -0.4 is 0 Å². The van der Waals surface area contributed by atoms with Crippen molar-refractivity contribution in [1.29, 1.82) is 0 Å². The number of aromatic nitrogens is 3. The maximum atomic E-state index is 12.5. The minimum Gasteiger partial charge on any atom is -0.318 e. The normalized spacial score (nSPS) is 29.4. The number of pyridine rings is 1. The van der Waals surface area contributed by atoms with Gasteiger partial charge >= 0.3 is 0 Å². The van der Waals surface area contributed by atoms with E-state index < -0.39 is 0 Å². The average molecular weight is 354 g/mol. The number of carbonyl (C=O) groups is 1. The van der Waals surface area contributed by atoms with Gasteiger partial charge in [0, 0.05) is 25.6 Å². The van der Waals surface area contributed by atoms with Crippen molar-refractivity contribution in [2.24, 2.45) is 36.6 Å². The molecule has 2 fully saturated rings. The zero-order valence-electron chi connectivity index (χ0n) is 16.5. The Morgan fingerprint density at radius 1 is 1.15 bits per heavy atom.